The fourth-order valence-electron chi connectivity index (χ4n) is 0.876. The summed E-state index contributed by atoms with van der Waals surface area (Å²) in [5, 5.41) is 0. The molecule has 0 aromatic carbocycles. The van der Waals surface area contributed by atoms with Gasteiger partial charge in [0.2, 0.25) is 0 Å². The van der Waals surface area contributed by atoms with Gasteiger partial charge in [0.25, 0.3) is 0 Å². The Kier molecular flexibility index (Phi) is 2.99. The Hall–Kier alpha value is -1.16. The first kappa shape index (κ1) is 8.93. The standard InChI is InChI=1S/C8H13N3O/c1-10(2)3-4-11-5-8(6-12)9-7-11/h5-7H,3-4H2,1-2H3. The minimum atomic E-state index is 0.494. The largest absolute Gasteiger partial charge is 0.335 e. The number of carbonyl (C=O) groups excluding carboxylic acids is 1. The Balaban J connectivity index is 2.47. The van der Waals surface area contributed by atoms with Crippen molar-refractivity contribution in [1.29, 1.82) is 0 Å². The molecule has 4 heteroatoms. The number of aldehydes is 1. The number of carbonyl (C=O) groups is 1. The Morgan fingerprint density at radius 2 is 2.42 bits per heavy atom. The minimum absolute atomic E-state index is 0.494. The third kappa shape index (κ3) is 2.47. The lowest BCUT2D eigenvalue weighted by Gasteiger charge is -2.08. The van der Waals surface area contributed by atoms with Gasteiger partial charge in [0.15, 0.2) is 6.29 Å². The molecule has 0 spiro atoms. The van der Waals surface area contributed by atoms with Gasteiger partial charge in [0.1, 0.15) is 5.69 Å². The Bertz CT molecular complexity index is 255. The number of imidazole rings is 1. The molecule has 0 aliphatic carbocycles. The summed E-state index contributed by atoms with van der Waals surface area (Å²) < 4.78 is 1.91. The van der Waals surface area contributed by atoms with Gasteiger partial charge in [-0.1, -0.05) is 0 Å². The summed E-state index contributed by atoms with van der Waals surface area (Å²) in [7, 11) is 4.02. The van der Waals surface area contributed by atoms with Crippen molar-refractivity contribution in [2.75, 3.05) is 20.6 Å². The van der Waals surface area contributed by atoms with Crippen LogP contribution >= 0.6 is 0 Å². The van der Waals surface area contributed by atoms with Crippen molar-refractivity contribution in [1.82, 2.24) is 14.5 Å². The van der Waals surface area contributed by atoms with Gasteiger partial charge in [0.05, 0.1) is 6.33 Å². The number of hydrogen-bond donors (Lipinski definition) is 0. The first-order chi connectivity index (χ1) is 5.72. The second-order valence-electron chi connectivity index (χ2n) is 2.96. The molecular weight excluding hydrogens is 154 g/mol. The fourth-order valence-corrected chi connectivity index (χ4v) is 0.876. The molecule has 0 bridgehead atoms. The topological polar surface area (TPSA) is 38.1 Å². The van der Waals surface area contributed by atoms with Gasteiger partial charge >= 0.3 is 0 Å². The van der Waals surface area contributed by atoms with E-state index in [2.05, 4.69) is 9.88 Å². The zero-order chi connectivity index (χ0) is 8.97. The summed E-state index contributed by atoms with van der Waals surface area (Å²) in [5.74, 6) is 0. The van der Waals surface area contributed by atoms with Crippen LogP contribution in [0.5, 0.6) is 0 Å². The smallest absolute Gasteiger partial charge is 0.169 e. The molecule has 66 valence electrons. The number of rotatable bonds is 4. The fraction of sp³-hybridized carbons (Fsp3) is 0.500. The van der Waals surface area contributed by atoms with E-state index >= 15 is 0 Å². The SMILES string of the molecule is CN(C)CCn1cnc(C=O)c1. The van der Waals surface area contributed by atoms with Gasteiger partial charge in [-0.25, -0.2) is 4.98 Å². The van der Waals surface area contributed by atoms with Gasteiger partial charge < -0.3 is 9.47 Å². The molecule has 0 radical (unpaired) electrons. The third-order valence-corrected chi connectivity index (χ3v) is 1.58. The van der Waals surface area contributed by atoms with Gasteiger partial charge in [-0.05, 0) is 14.1 Å². The van der Waals surface area contributed by atoms with Crippen LogP contribution in [0.3, 0.4) is 0 Å². The molecule has 0 amide bonds. The molecule has 1 heterocycles. The maximum absolute atomic E-state index is 10.3. The van der Waals surface area contributed by atoms with Gasteiger partial charge in [-0.2, -0.15) is 0 Å². The van der Waals surface area contributed by atoms with E-state index < -0.39 is 0 Å². The molecule has 0 aliphatic heterocycles. The van der Waals surface area contributed by atoms with Crippen molar-refractivity contribution < 1.29 is 4.79 Å². The first-order valence-corrected chi connectivity index (χ1v) is 3.84. The monoisotopic (exact) mass is 167 g/mol. The molecule has 0 saturated heterocycles. The van der Waals surface area contributed by atoms with E-state index in [4.69, 9.17) is 0 Å². The zero-order valence-electron chi connectivity index (χ0n) is 7.40. The summed E-state index contributed by atoms with van der Waals surface area (Å²) in [5.41, 5.74) is 0.494. The number of aromatic nitrogens is 2. The molecule has 0 aliphatic rings. The van der Waals surface area contributed by atoms with Gasteiger partial charge in [0, 0.05) is 19.3 Å². The van der Waals surface area contributed by atoms with Gasteiger partial charge in [-0.3, -0.25) is 4.79 Å². The van der Waals surface area contributed by atoms with Crippen LogP contribution in [0.25, 0.3) is 0 Å². The summed E-state index contributed by atoms with van der Waals surface area (Å²) in [6.07, 6.45) is 4.18. The summed E-state index contributed by atoms with van der Waals surface area (Å²) in [4.78, 5) is 16.2. The van der Waals surface area contributed by atoms with E-state index in [1.54, 1.807) is 12.5 Å². The van der Waals surface area contributed by atoms with Crippen LogP contribution in [0.4, 0.5) is 0 Å². The minimum Gasteiger partial charge on any atom is -0.335 e. The van der Waals surface area contributed by atoms with E-state index in [9.17, 15) is 4.79 Å². The Morgan fingerprint density at radius 3 is 2.92 bits per heavy atom. The zero-order valence-corrected chi connectivity index (χ0v) is 7.40. The maximum Gasteiger partial charge on any atom is 0.169 e. The molecule has 1 aromatic heterocycles. The quantitative estimate of drug-likeness (QED) is 0.604. The highest BCUT2D eigenvalue weighted by Crippen LogP contribution is 1.92. The molecule has 12 heavy (non-hydrogen) atoms. The van der Waals surface area contributed by atoms with Crippen molar-refractivity contribution >= 4 is 6.29 Å². The van der Waals surface area contributed by atoms with E-state index in [0.29, 0.717) is 5.69 Å². The van der Waals surface area contributed by atoms with Crippen molar-refractivity contribution in [2.45, 2.75) is 6.54 Å². The number of hydrogen-bond acceptors (Lipinski definition) is 3. The lowest BCUT2D eigenvalue weighted by Crippen LogP contribution is -2.17. The number of likely N-dealkylation sites (N-methyl/N-ethyl adjacent to an activating group) is 1. The molecule has 0 saturated carbocycles. The molecule has 1 rings (SSSR count). The van der Waals surface area contributed by atoms with Gasteiger partial charge in [-0.15, -0.1) is 0 Å². The van der Waals surface area contributed by atoms with E-state index in [1.165, 1.54) is 0 Å². The first-order valence-electron chi connectivity index (χ1n) is 3.84. The third-order valence-electron chi connectivity index (χ3n) is 1.58. The van der Waals surface area contributed by atoms with Crippen molar-refractivity contribution in [2.24, 2.45) is 0 Å². The average Bonchev–Trinajstić information content (AvgIpc) is 2.48. The summed E-state index contributed by atoms with van der Waals surface area (Å²) in [6.45, 7) is 1.82. The highest BCUT2D eigenvalue weighted by atomic mass is 16.1. The molecular formula is C8H13N3O. The normalized spacial score (nSPS) is 10.6. The molecule has 0 N–H and O–H groups in total. The van der Waals surface area contributed by atoms with Crippen LogP contribution in [-0.2, 0) is 6.54 Å². The summed E-state index contributed by atoms with van der Waals surface area (Å²) in [6, 6.07) is 0. The number of nitrogens with zero attached hydrogens (tertiary/aromatic N) is 3. The molecule has 0 atom stereocenters. The second-order valence-corrected chi connectivity index (χ2v) is 2.96. The van der Waals surface area contributed by atoms with Crippen LogP contribution in [0.1, 0.15) is 10.5 Å². The molecule has 1 aromatic rings. The van der Waals surface area contributed by atoms with Crippen LogP contribution in [0, 0.1) is 0 Å². The lowest BCUT2D eigenvalue weighted by molar-refractivity contribution is 0.111. The molecule has 0 fully saturated rings. The van der Waals surface area contributed by atoms with Crippen LogP contribution in [0.2, 0.25) is 0 Å². The van der Waals surface area contributed by atoms with E-state index in [1.807, 2.05) is 18.7 Å². The van der Waals surface area contributed by atoms with Crippen molar-refractivity contribution in [3.8, 4) is 0 Å². The Labute approximate surface area is 71.8 Å². The van der Waals surface area contributed by atoms with Crippen LogP contribution < -0.4 is 0 Å². The average molecular weight is 167 g/mol. The Morgan fingerprint density at radius 1 is 1.67 bits per heavy atom. The highest BCUT2D eigenvalue weighted by molar-refractivity contribution is 5.70. The molecule has 0 unspecified atom stereocenters. The van der Waals surface area contributed by atoms with E-state index in [-0.39, 0.29) is 0 Å². The lowest BCUT2D eigenvalue weighted by atomic mass is 10.5. The van der Waals surface area contributed by atoms with Crippen molar-refractivity contribution in [3.05, 3.63) is 18.2 Å². The van der Waals surface area contributed by atoms with Crippen LogP contribution in [-0.4, -0.2) is 41.4 Å². The molecule has 4 nitrogen and oxygen atoms in total. The maximum atomic E-state index is 10.3. The summed E-state index contributed by atoms with van der Waals surface area (Å²) >= 11 is 0. The highest BCUT2D eigenvalue weighted by Gasteiger charge is 1.96. The predicted octanol–water partition coefficient (Wildman–Crippen LogP) is 0.257. The van der Waals surface area contributed by atoms with Crippen LogP contribution in [0.15, 0.2) is 12.5 Å². The predicted molar refractivity (Wildman–Crippen MR) is 46.2 cm³/mol. The van der Waals surface area contributed by atoms with E-state index in [0.717, 1.165) is 19.4 Å². The van der Waals surface area contributed by atoms with Crippen molar-refractivity contribution in [3.63, 3.8) is 0 Å². The second kappa shape index (κ2) is 4.01.